The second-order valence-electron chi connectivity index (χ2n) is 12.5. The maximum atomic E-state index is 14.5. The molecule has 4 aliphatic rings. The maximum absolute atomic E-state index is 14.5. The minimum absolute atomic E-state index is 0.00575. The topological polar surface area (TPSA) is 72.0 Å². The number of hydrogen-bond acceptors (Lipinski definition) is 5. The number of carbonyl (C=O) groups excluding carboxylic acids is 2. The van der Waals surface area contributed by atoms with Gasteiger partial charge in [0.2, 0.25) is 11.8 Å². The monoisotopic (exact) mass is 585 g/mol. The quantitative estimate of drug-likeness (QED) is 0.499. The standard InChI is InChI=1S/C32H38F3N3O4/c1-41-28-19-42-10-8-23(28)11-22-12-26-18-38(29(39)13-21-5-3-2-4-6-21)20-31(26,15-22)30(40)37-9-7-27-24(17-37)14-25(16-36-27)32(33,34)35/h2-6,14,16,22-23,26,28H,7-13,15,17-20H2,1H3/t22-,23?,26+,28?,31+/m1/s1. The molecule has 4 heterocycles. The number of amides is 2. The zero-order chi connectivity index (χ0) is 29.5. The predicted octanol–water partition coefficient (Wildman–Crippen LogP) is 4.52. The first-order valence-electron chi connectivity index (χ1n) is 14.9. The van der Waals surface area contributed by atoms with Gasteiger partial charge in [0.1, 0.15) is 0 Å². The van der Waals surface area contributed by atoms with E-state index in [-0.39, 0.29) is 36.8 Å². The number of nitrogens with zero attached hydrogens (tertiary/aromatic N) is 3. The van der Waals surface area contributed by atoms with Crippen molar-refractivity contribution < 1.29 is 32.2 Å². The SMILES string of the molecule is COC1COCCC1C[C@@H]1C[C@H]2CN(C(=O)Cc3ccccc3)C[C@@]2(C(=O)N2CCc3ncc(C(F)(F)F)cc3C2)C1. The van der Waals surface area contributed by atoms with Crippen LogP contribution < -0.4 is 0 Å². The van der Waals surface area contributed by atoms with Gasteiger partial charge < -0.3 is 19.3 Å². The minimum Gasteiger partial charge on any atom is -0.379 e. The Hall–Kier alpha value is -2.98. The molecular formula is C32H38F3N3O4. The van der Waals surface area contributed by atoms with Crippen molar-refractivity contribution in [2.24, 2.45) is 23.2 Å². The smallest absolute Gasteiger partial charge is 0.379 e. The summed E-state index contributed by atoms with van der Waals surface area (Å²) >= 11 is 0. The summed E-state index contributed by atoms with van der Waals surface area (Å²) in [6.45, 7) is 2.67. The molecule has 2 saturated heterocycles. The van der Waals surface area contributed by atoms with Crippen LogP contribution in [0.5, 0.6) is 0 Å². The lowest BCUT2D eigenvalue weighted by Gasteiger charge is -2.37. The van der Waals surface area contributed by atoms with Gasteiger partial charge in [-0.05, 0) is 60.6 Å². The fraction of sp³-hybridized carbons (Fsp3) is 0.594. The zero-order valence-electron chi connectivity index (χ0n) is 23.9. The summed E-state index contributed by atoms with van der Waals surface area (Å²) in [5.41, 5.74) is 0.463. The van der Waals surface area contributed by atoms with Gasteiger partial charge >= 0.3 is 6.18 Å². The van der Waals surface area contributed by atoms with Crippen LogP contribution >= 0.6 is 0 Å². The number of methoxy groups -OCH3 is 1. The van der Waals surface area contributed by atoms with Crippen molar-refractivity contribution in [3.63, 3.8) is 0 Å². The Morgan fingerprint density at radius 3 is 2.76 bits per heavy atom. The van der Waals surface area contributed by atoms with Gasteiger partial charge in [-0.25, -0.2) is 0 Å². The van der Waals surface area contributed by atoms with Crippen molar-refractivity contribution in [3.8, 4) is 0 Å². The van der Waals surface area contributed by atoms with Crippen LogP contribution in [0, 0.1) is 23.2 Å². The lowest BCUT2D eigenvalue weighted by atomic mass is 9.78. The Kier molecular flexibility index (Phi) is 8.04. The number of fused-ring (bicyclic) bond motifs is 2. The first-order chi connectivity index (χ1) is 20.2. The molecule has 0 radical (unpaired) electrons. The summed E-state index contributed by atoms with van der Waals surface area (Å²) in [6, 6.07) is 10.7. The highest BCUT2D eigenvalue weighted by molar-refractivity contribution is 5.87. The van der Waals surface area contributed by atoms with E-state index in [0.29, 0.717) is 68.8 Å². The Morgan fingerprint density at radius 1 is 1.19 bits per heavy atom. The zero-order valence-corrected chi connectivity index (χ0v) is 23.9. The molecule has 0 bridgehead atoms. The molecule has 3 aliphatic heterocycles. The Balaban J connectivity index is 1.23. The number of likely N-dealkylation sites (tertiary alicyclic amines) is 1. The summed E-state index contributed by atoms with van der Waals surface area (Å²) < 4.78 is 51.6. The molecule has 7 nitrogen and oxygen atoms in total. The minimum atomic E-state index is -4.49. The molecule has 1 aromatic heterocycles. The van der Waals surface area contributed by atoms with E-state index in [1.807, 2.05) is 35.2 Å². The molecule has 1 aromatic carbocycles. The number of benzene rings is 1. The number of aromatic nitrogens is 1. The third kappa shape index (κ3) is 5.67. The molecule has 42 heavy (non-hydrogen) atoms. The first-order valence-corrected chi connectivity index (χ1v) is 14.9. The Bertz CT molecular complexity index is 1310. The molecule has 10 heteroatoms. The van der Waals surface area contributed by atoms with Crippen LogP contribution in [0.4, 0.5) is 13.2 Å². The Labute approximate surface area is 244 Å². The van der Waals surface area contributed by atoms with Gasteiger partial charge in [-0.1, -0.05) is 30.3 Å². The molecule has 6 rings (SSSR count). The predicted molar refractivity (Wildman–Crippen MR) is 148 cm³/mol. The van der Waals surface area contributed by atoms with E-state index in [4.69, 9.17) is 9.47 Å². The highest BCUT2D eigenvalue weighted by Crippen LogP contribution is 2.54. The molecule has 1 saturated carbocycles. The fourth-order valence-electron chi connectivity index (χ4n) is 7.87. The lowest BCUT2D eigenvalue weighted by molar-refractivity contribution is -0.144. The van der Waals surface area contributed by atoms with Crippen LogP contribution in [0.3, 0.4) is 0 Å². The van der Waals surface area contributed by atoms with Crippen molar-refractivity contribution in [2.75, 3.05) is 40.0 Å². The van der Waals surface area contributed by atoms with Crippen molar-refractivity contribution >= 4 is 11.8 Å². The van der Waals surface area contributed by atoms with Crippen LogP contribution in [-0.4, -0.2) is 72.7 Å². The van der Waals surface area contributed by atoms with Gasteiger partial charge in [0, 0.05) is 58.2 Å². The molecular weight excluding hydrogens is 547 g/mol. The summed E-state index contributed by atoms with van der Waals surface area (Å²) in [7, 11) is 1.71. The molecule has 5 atom stereocenters. The summed E-state index contributed by atoms with van der Waals surface area (Å²) in [5.74, 6) is 0.636. The van der Waals surface area contributed by atoms with Gasteiger partial charge in [0.05, 0.1) is 30.1 Å². The first kappa shape index (κ1) is 29.1. The van der Waals surface area contributed by atoms with E-state index < -0.39 is 17.2 Å². The van der Waals surface area contributed by atoms with E-state index >= 15 is 0 Å². The summed E-state index contributed by atoms with van der Waals surface area (Å²) in [6.07, 6.45) is 0.480. The van der Waals surface area contributed by atoms with Gasteiger partial charge in [0.25, 0.3) is 0 Å². The molecule has 226 valence electrons. The number of pyridine rings is 1. The van der Waals surface area contributed by atoms with E-state index in [1.54, 1.807) is 12.0 Å². The highest BCUT2D eigenvalue weighted by Gasteiger charge is 2.59. The molecule has 0 N–H and O–H groups in total. The lowest BCUT2D eigenvalue weighted by Crippen LogP contribution is -2.49. The largest absolute Gasteiger partial charge is 0.417 e. The molecule has 0 spiro atoms. The number of carbonyl (C=O) groups is 2. The summed E-state index contributed by atoms with van der Waals surface area (Å²) in [5, 5.41) is 0. The van der Waals surface area contributed by atoms with Gasteiger partial charge in [-0.15, -0.1) is 0 Å². The normalized spacial score (nSPS) is 29.3. The molecule has 1 aliphatic carbocycles. The van der Waals surface area contributed by atoms with Crippen molar-refractivity contribution in [1.29, 1.82) is 0 Å². The number of ether oxygens (including phenoxy) is 2. The van der Waals surface area contributed by atoms with Gasteiger partial charge in [-0.3, -0.25) is 14.6 Å². The molecule has 2 aromatic rings. The van der Waals surface area contributed by atoms with Crippen molar-refractivity contribution in [3.05, 3.63) is 65.0 Å². The third-order valence-corrected chi connectivity index (χ3v) is 9.98. The molecule has 2 unspecified atom stereocenters. The average Bonchev–Trinajstić information content (AvgIpc) is 3.51. The molecule has 3 fully saturated rings. The van der Waals surface area contributed by atoms with Crippen LogP contribution in [0.1, 0.15) is 48.1 Å². The van der Waals surface area contributed by atoms with Crippen LogP contribution in [0.15, 0.2) is 42.6 Å². The number of hydrogen-bond donors (Lipinski definition) is 0. The van der Waals surface area contributed by atoms with Crippen molar-refractivity contribution in [1.82, 2.24) is 14.8 Å². The van der Waals surface area contributed by atoms with Crippen molar-refractivity contribution in [2.45, 2.75) is 57.3 Å². The fourth-order valence-corrected chi connectivity index (χ4v) is 7.87. The van der Waals surface area contributed by atoms with E-state index in [9.17, 15) is 22.8 Å². The third-order valence-electron chi connectivity index (χ3n) is 9.98. The van der Waals surface area contributed by atoms with E-state index in [1.165, 1.54) is 0 Å². The second kappa shape index (κ2) is 11.6. The summed E-state index contributed by atoms with van der Waals surface area (Å²) in [4.78, 5) is 35.5. The number of halogens is 3. The average molecular weight is 586 g/mol. The van der Waals surface area contributed by atoms with Crippen LogP contribution in [0.25, 0.3) is 0 Å². The Morgan fingerprint density at radius 2 is 2.00 bits per heavy atom. The van der Waals surface area contributed by atoms with E-state index in [0.717, 1.165) is 37.1 Å². The number of rotatable bonds is 6. The number of alkyl halides is 3. The van der Waals surface area contributed by atoms with E-state index in [2.05, 4.69) is 4.98 Å². The second-order valence-corrected chi connectivity index (χ2v) is 12.5. The van der Waals surface area contributed by atoms with Crippen LogP contribution in [-0.2, 0) is 44.6 Å². The highest BCUT2D eigenvalue weighted by atomic mass is 19.4. The maximum Gasteiger partial charge on any atom is 0.417 e. The van der Waals surface area contributed by atoms with Gasteiger partial charge in [0.15, 0.2) is 0 Å². The molecule has 2 amide bonds. The van der Waals surface area contributed by atoms with Crippen LogP contribution in [0.2, 0.25) is 0 Å². The van der Waals surface area contributed by atoms with Gasteiger partial charge in [-0.2, -0.15) is 13.2 Å².